The Balaban J connectivity index is 1.89. The first-order chi connectivity index (χ1) is 10.8. The number of rotatable bonds is 6. The van der Waals surface area contributed by atoms with Gasteiger partial charge in [-0.05, 0) is 25.5 Å². The molecule has 0 fully saturated rings. The van der Waals surface area contributed by atoms with Crippen LogP contribution in [0.25, 0.3) is 0 Å². The second kappa shape index (κ2) is 6.87. The van der Waals surface area contributed by atoms with E-state index in [1.807, 2.05) is 13.1 Å². The lowest BCUT2D eigenvalue weighted by molar-refractivity contribution is -0.122. The molecule has 124 valence electrons. The van der Waals surface area contributed by atoms with Crippen molar-refractivity contribution in [1.82, 2.24) is 15.1 Å². The van der Waals surface area contributed by atoms with Crippen molar-refractivity contribution in [2.75, 3.05) is 6.54 Å². The number of carbonyl (C=O) groups is 1. The van der Waals surface area contributed by atoms with Crippen LogP contribution in [0.15, 0.2) is 30.6 Å². The molecule has 1 atom stereocenters. The standard InChI is InChI=1S/C16H19F2N3O2/c1-11-8-20-21(9-11)6-5-15(22)19-10-16(2,23)13-4-3-12(17)7-14(13)18/h3-4,7-9,23H,5-6,10H2,1-2H3,(H,19,22)/t16-/m1/s1. The molecule has 0 saturated carbocycles. The van der Waals surface area contributed by atoms with Crippen molar-refractivity contribution in [3.63, 3.8) is 0 Å². The number of nitrogens with zero attached hydrogens (tertiary/aromatic N) is 2. The molecule has 23 heavy (non-hydrogen) atoms. The first kappa shape index (κ1) is 17.1. The second-order valence-electron chi connectivity index (χ2n) is 5.71. The summed E-state index contributed by atoms with van der Waals surface area (Å²) in [6.07, 6.45) is 3.69. The van der Waals surface area contributed by atoms with Crippen LogP contribution in [0.1, 0.15) is 24.5 Å². The molecule has 0 aliphatic heterocycles. The van der Waals surface area contributed by atoms with Crippen molar-refractivity contribution < 1.29 is 18.7 Å². The van der Waals surface area contributed by atoms with E-state index in [0.717, 1.165) is 11.6 Å². The van der Waals surface area contributed by atoms with E-state index in [1.54, 1.807) is 10.9 Å². The Hall–Kier alpha value is -2.28. The Bertz CT molecular complexity index is 698. The average Bonchev–Trinajstić information content (AvgIpc) is 2.88. The SMILES string of the molecule is Cc1cnn(CCC(=O)NC[C@@](C)(O)c2ccc(F)cc2F)c1. The van der Waals surface area contributed by atoms with Gasteiger partial charge in [-0.2, -0.15) is 5.10 Å². The molecule has 1 aromatic carbocycles. The third-order valence-corrected chi connectivity index (χ3v) is 3.47. The topological polar surface area (TPSA) is 67.2 Å². The Kier molecular flexibility index (Phi) is 5.10. The molecule has 0 aliphatic carbocycles. The molecule has 2 N–H and O–H groups in total. The summed E-state index contributed by atoms with van der Waals surface area (Å²) in [6.45, 7) is 3.50. The maximum Gasteiger partial charge on any atom is 0.221 e. The zero-order valence-corrected chi connectivity index (χ0v) is 13.0. The largest absolute Gasteiger partial charge is 0.383 e. The average molecular weight is 323 g/mol. The molecule has 5 nitrogen and oxygen atoms in total. The summed E-state index contributed by atoms with van der Waals surface area (Å²) in [7, 11) is 0. The molecule has 0 aliphatic rings. The molecule has 0 unspecified atom stereocenters. The van der Waals surface area contributed by atoms with Gasteiger partial charge in [0.1, 0.15) is 17.2 Å². The van der Waals surface area contributed by atoms with Crippen molar-refractivity contribution in [3.05, 3.63) is 53.4 Å². The van der Waals surface area contributed by atoms with Crippen LogP contribution < -0.4 is 5.32 Å². The van der Waals surface area contributed by atoms with Crippen LogP contribution in [-0.4, -0.2) is 27.3 Å². The number of aromatic nitrogens is 2. The lowest BCUT2D eigenvalue weighted by Gasteiger charge is -2.24. The van der Waals surface area contributed by atoms with Gasteiger partial charge in [-0.3, -0.25) is 9.48 Å². The zero-order valence-electron chi connectivity index (χ0n) is 13.0. The highest BCUT2D eigenvalue weighted by molar-refractivity contribution is 5.75. The first-order valence-electron chi connectivity index (χ1n) is 7.21. The van der Waals surface area contributed by atoms with Crippen molar-refractivity contribution in [2.24, 2.45) is 0 Å². The number of hydrogen-bond acceptors (Lipinski definition) is 3. The number of aliphatic hydroxyl groups is 1. The minimum absolute atomic E-state index is 0.0677. The number of amides is 1. The highest BCUT2D eigenvalue weighted by atomic mass is 19.1. The van der Waals surface area contributed by atoms with Crippen LogP contribution in [-0.2, 0) is 16.9 Å². The van der Waals surface area contributed by atoms with Crippen LogP contribution in [0, 0.1) is 18.6 Å². The third kappa shape index (κ3) is 4.59. The number of hydrogen-bond donors (Lipinski definition) is 2. The van der Waals surface area contributed by atoms with Crippen molar-refractivity contribution >= 4 is 5.91 Å². The van der Waals surface area contributed by atoms with Crippen LogP contribution in [0.2, 0.25) is 0 Å². The smallest absolute Gasteiger partial charge is 0.221 e. The fraction of sp³-hybridized carbons (Fsp3) is 0.375. The molecule has 0 radical (unpaired) electrons. The van der Waals surface area contributed by atoms with Gasteiger partial charge in [0.15, 0.2) is 0 Å². The summed E-state index contributed by atoms with van der Waals surface area (Å²) < 4.78 is 28.3. The molecule has 0 spiro atoms. The van der Waals surface area contributed by atoms with Crippen molar-refractivity contribution in [3.8, 4) is 0 Å². The summed E-state index contributed by atoms with van der Waals surface area (Å²) in [6, 6.07) is 2.93. The fourth-order valence-electron chi connectivity index (χ4n) is 2.19. The summed E-state index contributed by atoms with van der Waals surface area (Å²) in [5, 5.41) is 16.9. The van der Waals surface area contributed by atoms with Crippen molar-refractivity contribution in [1.29, 1.82) is 0 Å². The number of carbonyl (C=O) groups excluding carboxylic acids is 1. The van der Waals surface area contributed by atoms with Crippen LogP contribution in [0.4, 0.5) is 8.78 Å². The summed E-state index contributed by atoms with van der Waals surface area (Å²) in [4.78, 5) is 11.8. The lowest BCUT2D eigenvalue weighted by Crippen LogP contribution is -2.39. The van der Waals surface area contributed by atoms with E-state index in [1.165, 1.54) is 13.0 Å². The van der Waals surface area contributed by atoms with Crippen LogP contribution in [0.5, 0.6) is 0 Å². The van der Waals surface area contributed by atoms with E-state index in [4.69, 9.17) is 0 Å². The molecule has 0 bridgehead atoms. The quantitative estimate of drug-likeness (QED) is 0.853. The number of benzene rings is 1. The minimum Gasteiger partial charge on any atom is -0.383 e. The molecular formula is C16H19F2N3O2. The van der Waals surface area contributed by atoms with Gasteiger partial charge in [-0.25, -0.2) is 8.78 Å². The third-order valence-electron chi connectivity index (χ3n) is 3.47. The van der Waals surface area contributed by atoms with Crippen LogP contribution >= 0.6 is 0 Å². The molecule has 2 aromatic rings. The van der Waals surface area contributed by atoms with Gasteiger partial charge in [0, 0.05) is 30.8 Å². The number of nitrogens with one attached hydrogen (secondary N) is 1. The number of aryl methyl sites for hydroxylation is 2. The summed E-state index contributed by atoms with van der Waals surface area (Å²) in [5.41, 5.74) is -0.697. The number of halogens is 2. The molecule has 7 heteroatoms. The molecule has 1 aromatic heterocycles. The monoisotopic (exact) mass is 323 g/mol. The molecular weight excluding hydrogens is 304 g/mol. The van der Waals surface area contributed by atoms with E-state index in [-0.39, 0.29) is 24.4 Å². The van der Waals surface area contributed by atoms with Gasteiger partial charge in [-0.1, -0.05) is 6.07 Å². The summed E-state index contributed by atoms with van der Waals surface area (Å²) >= 11 is 0. The van der Waals surface area contributed by atoms with Gasteiger partial charge in [0.25, 0.3) is 0 Å². The predicted octanol–water partition coefficient (Wildman–Crippen LogP) is 1.88. The Morgan fingerprint density at radius 3 is 2.78 bits per heavy atom. The van der Waals surface area contributed by atoms with E-state index in [2.05, 4.69) is 10.4 Å². The first-order valence-corrected chi connectivity index (χ1v) is 7.21. The predicted molar refractivity (Wildman–Crippen MR) is 80.5 cm³/mol. The minimum atomic E-state index is -1.63. The molecule has 1 heterocycles. The maximum atomic E-state index is 13.7. The van der Waals surface area contributed by atoms with Crippen molar-refractivity contribution in [2.45, 2.75) is 32.4 Å². The van der Waals surface area contributed by atoms with E-state index in [9.17, 15) is 18.7 Å². The Morgan fingerprint density at radius 1 is 1.43 bits per heavy atom. The van der Waals surface area contributed by atoms with Gasteiger partial charge in [-0.15, -0.1) is 0 Å². The molecule has 0 saturated heterocycles. The highest BCUT2D eigenvalue weighted by Gasteiger charge is 2.27. The lowest BCUT2D eigenvalue weighted by atomic mass is 9.95. The van der Waals surface area contributed by atoms with Gasteiger partial charge < -0.3 is 10.4 Å². The highest BCUT2D eigenvalue weighted by Crippen LogP contribution is 2.23. The summed E-state index contributed by atoms with van der Waals surface area (Å²) in [5.74, 6) is -1.86. The van der Waals surface area contributed by atoms with E-state index < -0.39 is 17.2 Å². The molecule has 2 rings (SSSR count). The van der Waals surface area contributed by atoms with E-state index >= 15 is 0 Å². The zero-order chi connectivity index (χ0) is 17.0. The van der Waals surface area contributed by atoms with Crippen LogP contribution in [0.3, 0.4) is 0 Å². The van der Waals surface area contributed by atoms with Gasteiger partial charge >= 0.3 is 0 Å². The normalized spacial score (nSPS) is 13.6. The van der Waals surface area contributed by atoms with Gasteiger partial charge in [0.05, 0.1) is 12.7 Å². The fourth-order valence-corrected chi connectivity index (χ4v) is 2.19. The molecule has 1 amide bonds. The Labute approximate surface area is 132 Å². The van der Waals surface area contributed by atoms with Gasteiger partial charge in [0.2, 0.25) is 5.91 Å². The second-order valence-corrected chi connectivity index (χ2v) is 5.71. The maximum absolute atomic E-state index is 13.7. The van der Waals surface area contributed by atoms with E-state index in [0.29, 0.717) is 12.6 Å². The Morgan fingerprint density at radius 2 is 2.17 bits per heavy atom.